The van der Waals surface area contributed by atoms with E-state index in [9.17, 15) is 9.59 Å². The maximum absolute atomic E-state index is 11.6. The molecule has 0 spiro atoms. The van der Waals surface area contributed by atoms with Crippen molar-refractivity contribution < 1.29 is 14.7 Å². The van der Waals surface area contributed by atoms with Gasteiger partial charge in [0.05, 0.1) is 11.6 Å². The number of carbonyl (C=O) groups excluding carboxylic acids is 1. The highest BCUT2D eigenvalue weighted by Gasteiger charge is 2.12. The molecule has 4 N–H and O–H groups in total. The topological polar surface area (TPSA) is 92.4 Å². The fraction of sp³-hybridized carbons (Fsp3) is 0.333. The SMILES string of the molecule is CCCC(N)C(=O)Nc1ccc(C(=O)O)cc1. The van der Waals surface area contributed by atoms with Crippen LogP contribution in [0, 0.1) is 0 Å². The molecule has 92 valence electrons. The van der Waals surface area contributed by atoms with Gasteiger partial charge in [-0.15, -0.1) is 0 Å². The van der Waals surface area contributed by atoms with Gasteiger partial charge < -0.3 is 16.2 Å². The van der Waals surface area contributed by atoms with E-state index in [1.165, 1.54) is 12.1 Å². The zero-order valence-electron chi connectivity index (χ0n) is 9.64. The minimum absolute atomic E-state index is 0.181. The molecule has 1 unspecified atom stereocenters. The predicted molar refractivity (Wildman–Crippen MR) is 64.9 cm³/mol. The van der Waals surface area contributed by atoms with Crippen molar-refractivity contribution in [2.24, 2.45) is 5.73 Å². The lowest BCUT2D eigenvalue weighted by Gasteiger charge is -2.11. The summed E-state index contributed by atoms with van der Waals surface area (Å²) < 4.78 is 0. The highest BCUT2D eigenvalue weighted by molar-refractivity contribution is 5.95. The zero-order chi connectivity index (χ0) is 12.8. The molecular weight excluding hydrogens is 220 g/mol. The number of carboxylic acids is 1. The van der Waals surface area contributed by atoms with Gasteiger partial charge in [-0.2, -0.15) is 0 Å². The van der Waals surface area contributed by atoms with Crippen molar-refractivity contribution in [1.82, 2.24) is 0 Å². The largest absolute Gasteiger partial charge is 0.478 e. The van der Waals surface area contributed by atoms with Crippen molar-refractivity contribution in [3.63, 3.8) is 0 Å². The minimum Gasteiger partial charge on any atom is -0.478 e. The molecule has 0 aliphatic rings. The molecule has 0 aliphatic heterocycles. The van der Waals surface area contributed by atoms with Crippen molar-refractivity contribution in [2.75, 3.05) is 5.32 Å². The van der Waals surface area contributed by atoms with Crippen molar-refractivity contribution >= 4 is 17.6 Å². The molecule has 0 aromatic heterocycles. The molecule has 5 heteroatoms. The van der Waals surface area contributed by atoms with Crippen LogP contribution in [0.2, 0.25) is 0 Å². The van der Waals surface area contributed by atoms with Crippen LogP contribution < -0.4 is 11.1 Å². The number of rotatable bonds is 5. The van der Waals surface area contributed by atoms with Crippen LogP contribution >= 0.6 is 0 Å². The Morgan fingerprint density at radius 1 is 1.35 bits per heavy atom. The third kappa shape index (κ3) is 3.88. The number of aromatic carboxylic acids is 1. The van der Waals surface area contributed by atoms with E-state index < -0.39 is 12.0 Å². The molecule has 0 aliphatic carbocycles. The third-order valence-electron chi connectivity index (χ3n) is 2.34. The van der Waals surface area contributed by atoms with Crippen molar-refractivity contribution in [3.8, 4) is 0 Å². The molecule has 0 bridgehead atoms. The summed E-state index contributed by atoms with van der Waals surface area (Å²) in [5.41, 5.74) is 6.38. The maximum Gasteiger partial charge on any atom is 0.335 e. The molecular formula is C12H16N2O3. The normalized spacial score (nSPS) is 11.9. The molecule has 17 heavy (non-hydrogen) atoms. The van der Waals surface area contributed by atoms with Gasteiger partial charge in [-0.1, -0.05) is 13.3 Å². The Hall–Kier alpha value is -1.88. The van der Waals surface area contributed by atoms with Gasteiger partial charge in [0, 0.05) is 5.69 Å². The number of benzene rings is 1. The summed E-state index contributed by atoms with van der Waals surface area (Å²) in [4.78, 5) is 22.2. The molecule has 5 nitrogen and oxygen atoms in total. The van der Waals surface area contributed by atoms with Crippen LogP contribution in [0.5, 0.6) is 0 Å². The maximum atomic E-state index is 11.6. The molecule has 0 radical (unpaired) electrons. The van der Waals surface area contributed by atoms with Crippen LogP contribution in [0.15, 0.2) is 24.3 Å². The standard InChI is InChI=1S/C12H16N2O3/c1-2-3-10(13)11(15)14-9-6-4-8(5-7-9)12(16)17/h4-7,10H,2-3,13H2,1H3,(H,14,15)(H,16,17). The highest BCUT2D eigenvalue weighted by Crippen LogP contribution is 2.10. The predicted octanol–water partition coefficient (Wildman–Crippen LogP) is 1.45. The molecule has 1 rings (SSSR count). The summed E-state index contributed by atoms with van der Waals surface area (Å²) in [6.45, 7) is 1.95. The second-order valence-electron chi connectivity index (χ2n) is 3.77. The van der Waals surface area contributed by atoms with Gasteiger partial charge in [0.25, 0.3) is 0 Å². The first kappa shape index (κ1) is 13.2. The highest BCUT2D eigenvalue weighted by atomic mass is 16.4. The first-order valence-corrected chi connectivity index (χ1v) is 5.44. The van der Waals surface area contributed by atoms with E-state index in [0.29, 0.717) is 12.1 Å². The van der Waals surface area contributed by atoms with Crippen LogP contribution in [-0.4, -0.2) is 23.0 Å². The number of nitrogens with two attached hydrogens (primary N) is 1. The Morgan fingerprint density at radius 3 is 2.41 bits per heavy atom. The fourth-order valence-electron chi connectivity index (χ4n) is 1.37. The van der Waals surface area contributed by atoms with Gasteiger partial charge in [-0.25, -0.2) is 4.79 Å². The Balaban J connectivity index is 2.63. The van der Waals surface area contributed by atoms with Gasteiger partial charge in [-0.05, 0) is 30.7 Å². The van der Waals surface area contributed by atoms with Gasteiger partial charge in [0.2, 0.25) is 5.91 Å². The van der Waals surface area contributed by atoms with E-state index >= 15 is 0 Å². The monoisotopic (exact) mass is 236 g/mol. The van der Waals surface area contributed by atoms with E-state index in [1.807, 2.05) is 6.92 Å². The number of amides is 1. The molecule has 0 saturated carbocycles. The van der Waals surface area contributed by atoms with Crippen LogP contribution in [0.25, 0.3) is 0 Å². The molecule has 0 saturated heterocycles. The lowest BCUT2D eigenvalue weighted by Crippen LogP contribution is -2.35. The third-order valence-corrected chi connectivity index (χ3v) is 2.34. The number of nitrogens with one attached hydrogen (secondary N) is 1. The van der Waals surface area contributed by atoms with Crippen LogP contribution in [0.1, 0.15) is 30.1 Å². The average Bonchev–Trinajstić information content (AvgIpc) is 2.30. The molecule has 1 amide bonds. The van der Waals surface area contributed by atoms with Crippen molar-refractivity contribution in [2.45, 2.75) is 25.8 Å². The molecule has 1 atom stereocenters. The lowest BCUT2D eigenvalue weighted by molar-refractivity contribution is -0.117. The summed E-state index contributed by atoms with van der Waals surface area (Å²) in [5, 5.41) is 11.3. The molecule has 1 aromatic rings. The van der Waals surface area contributed by atoms with E-state index in [4.69, 9.17) is 10.8 Å². The Kier molecular flexibility index (Phi) is 4.66. The van der Waals surface area contributed by atoms with Crippen LogP contribution in [-0.2, 0) is 4.79 Å². The number of hydrogen-bond acceptors (Lipinski definition) is 3. The summed E-state index contributed by atoms with van der Waals surface area (Å²) in [7, 11) is 0. The summed E-state index contributed by atoms with van der Waals surface area (Å²) in [6, 6.07) is 5.42. The Bertz CT molecular complexity index is 401. The zero-order valence-corrected chi connectivity index (χ0v) is 9.64. The van der Waals surface area contributed by atoms with Gasteiger partial charge in [-0.3, -0.25) is 4.79 Å². The Labute approximate surface area is 99.6 Å². The van der Waals surface area contributed by atoms with Gasteiger partial charge >= 0.3 is 5.97 Å². The second-order valence-corrected chi connectivity index (χ2v) is 3.77. The first-order valence-electron chi connectivity index (χ1n) is 5.44. The minimum atomic E-state index is -0.995. The lowest BCUT2D eigenvalue weighted by atomic mass is 10.1. The summed E-state index contributed by atoms with van der Waals surface area (Å²) >= 11 is 0. The number of carbonyl (C=O) groups is 2. The van der Waals surface area contributed by atoms with Crippen molar-refractivity contribution in [1.29, 1.82) is 0 Å². The fourth-order valence-corrected chi connectivity index (χ4v) is 1.37. The van der Waals surface area contributed by atoms with Crippen LogP contribution in [0.3, 0.4) is 0 Å². The van der Waals surface area contributed by atoms with E-state index in [0.717, 1.165) is 6.42 Å². The summed E-state index contributed by atoms with van der Waals surface area (Å²) in [6.07, 6.45) is 1.46. The van der Waals surface area contributed by atoms with Crippen molar-refractivity contribution in [3.05, 3.63) is 29.8 Å². The first-order chi connectivity index (χ1) is 8.04. The Morgan fingerprint density at radius 2 is 1.94 bits per heavy atom. The quantitative estimate of drug-likeness (QED) is 0.721. The van der Waals surface area contributed by atoms with E-state index in [1.54, 1.807) is 12.1 Å². The molecule has 1 aromatic carbocycles. The average molecular weight is 236 g/mol. The van der Waals surface area contributed by atoms with E-state index in [-0.39, 0.29) is 11.5 Å². The van der Waals surface area contributed by atoms with Crippen LogP contribution in [0.4, 0.5) is 5.69 Å². The van der Waals surface area contributed by atoms with E-state index in [2.05, 4.69) is 5.32 Å². The number of anilines is 1. The smallest absolute Gasteiger partial charge is 0.335 e. The second kappa shape index (κ2) is 6.00. The number of hydrogen-bond donors (Lipinski definition) is 3. The van der Waals surface area contributed by atoms with Gasteiger partial charge in [0.15, 0.2) is 0 Å². The van der Waals surface area contributed by atoms with Gasteiger partial charge in [0.1, 0.15) is 0 Å². The molecule has 0 heterocycles. The summed E-state index contributed by atoms with van der Waals surface area (Å²) in [5.74, 6) is -1.25. The number of carboxylic acid groups (broad SMARTS) is 1. The molecule has 0 fully saturated rings.